The summed E-state index contributed by atoms with van der Waals surface area (Å²) >= 11 is 0. The van der Waals surface area contributed by atoms with Crippen LogP contribution in [0, 0.1) is 29.6 Å². The van der Waals surface area contributed by atoms with Crippen LogP contribution in [0.2, 0.25) is 5.31 Å². The van der Waals surface area contributed by atoms with Gasteiger partial charge in [-0.05, 0) is 48.9 Å². The number of fused-ring (bicyclic) bond motifs is 2. The Morgan fingerprint density at radius 1 is 0.778 bits per heavy atom. The molecule has 0 aromatic carbocycles. The first-order valence-electron chi connectivity index (χ1n) is 8.36. The lowest BCUT2D eigenvalue weighted by Crippen LogP contribution is -2.46. The molecule has 0 spiro atoms. The third kappa shape index (κ3) is 2.27. The predicted octanol–water partition coefficient (Wildman–Crippen LogP) is 4.99. The van der Waals surface area contributed by atoms with Crippen molar-refractivity contribution < 1.29 is 0 Å². The average molecular weight is 244 g/mol. The van der Waals surface area contributed by atoms with Crippen molar-refractivity contribution in [2.24, 2.45) is 29.6 Å². The van der Waals surface area contributed by atoms with Crippen molar-refractivity contribution in [3.8, 4) is 0 Å². The van der Waals surface area contributed by atoms with Gasteiger partial charge in [-0.3, -0.25) is 0 Å². The second-order valence-corrected chi connectivity index (χ2v) is 8.00. The van der Waals surface area contributed by atoms with E-state index >= 15 is 0 Å². The molecule has 4 atom stereocenters. The molecule has 0 aliphatic heterocycles. The molecule has 0 saturated heterocycles. The predicted molar refractivity (Wildman–Crippen MR) is 78.8 cm³/mol. The molecular formula is C17H29B. The normalized spacial score (nSPS) is 45.1. The van der Waals surface area contributed by atoms with Crippen molar-refractivity contribution in [1.29, 1.82) is 0 Å². The van der Waals surface area contributed by atoms with Crippen LogP contribution >= 0.6 is 0 Å². The van der Waals surface area contributed by atoms with Gasteiger partial charge in [0.2, 0.25) is 0 Å². The van der Waals surface area contributed by atoms with Crippen LogP contribution in [0.15, 0.2) is 0 Å². The number of rotatable bonds is 1. The minimum atomic E-state index is 0.0426. The van der Waals surface area contributed by atoms with Crippen molar-refractivity contribution in [3.05, 3.63) is 0 Å². The molecule has 0 nitrogen and oxygen atoms in total. The summed E-state index contributed by atoms with van der Waals surface area (Å²) in [4.78, 5) is 0. The van der Waals surface area contributed by atoms with Gasteiger partial charge in [-0.25, -0.2) is 0 Å². The lowest BCUT2D eigenvalue weighted by atomic mass is 9.45. The van der Waals surface area contributed by atoms with E-state index in [1.54, 1.807) is 6.42 Å². The topological polar surface area (TPSA) is 0 Å². The summed E-state index contributed by atoms with van der Waals surface area (Å²) in [5, 5.41) is 0.0426. The largest absolute Gasteiger partial charge is 0.0742 e. The van der Waals surface area contributed by atoms with Gasteiger partial charge in [0.05, 0.1) is 7.85 Å². The van der Waals surface area contributed by atoms with Gasteiger partial charge in [-0.15, -0.1) is 0 Å². The SMILES string of the molecule is [B]C(C)(C)C1C2CCCCC2CC2CCCCC21. The van der Waals surface area contributed by atoms with Crippen LogP contribution in [0.4, 0.5) is 0 Å². The fraction of sp³-hybridized carbons (Fsp3) is 1.00. The minimum absolute atomic E-state index is 0.0426. The van der Waals surface area contributed by atoms with Gasteiger partial charge < -0.3 is 0 Å². The van der Waals surface area contributed by atoms with Gasteiger partial charge in [0, 0.05) is 0 Å². The molecule has 18 heavy (non-hydrogen) atoms. The van der Waals surface area contributed by atoms with E-state index in [1.165, 1.54) is 51.4 Å². The van der Waals surface area contributed by atoms with E-state index in [2.05, 4.69) is 13.8 Å². The van der Waals surface area contributed by atoms with Crippen LogP contribution in [0.3, 0.4) is 0 Å². The quantitative estimate of drug-likeness (QED) is 0.570. The molecule has 3 rings (SSSR count). The lowest BCUT2D eigenvalue weighted by Gasteiger charge is -2.56. The molecule has 0 amide bonds. The highest BCUT2D eigenvalue weighted by Crippen LogP contribution is 2.59. The molecule has 3 saturated carbocycles. The Morgan fingerprint density at radius 2 is 1.22 bits per heavy atom. The van der Waals surface area contributed by atoms with Crippen molar-refractivity contribution in [1.82, 2.24) is 0 Å². The van der Waals surface area contributed by atoms with Gasteiger partial charge in [0.1, 0.15) is 0 Å². The van der Waals surface area contributed by atoms with Crippen LogP contribution in [0.5, 0.6) is 0 Å². The highest BCUT2D eigenvalue weighted by atomic mass is 14.5. The smallest absolute Gasteiger partial charge is 0.0683 e. The Hall–Kier alpha value is 0.0649. The van der Waals surface area contributed by atoms with E-state index < -0.39 is 0 Å². The molecule has 2 radical (unpaired) electrons. The summed E-state index contributed by atoms with van der Waals surface area (Å²) in [5.41, 5.74) is 0. The third-order valence-corrected chi connectivity index (χ3v) is 6.32. The van der Waals surface area contributed by atoms with Crippen molar-refractivity contribution in [2.75, 3.05) is 0 Å². The first-order chi connectivity index (χ1) is 8.57. The molecule has 0 N–H and O–H groups in total. The van der Waals surface area contributed by atoms with Crippen LogP contribution in [0.1, 0.15) is 71.6 Å². The van der Waals surface area contributed by atoms with Crippen LogP contribution in [-0.2, 0) is 0 Å². The van der Waals surface area contributed by atoms with E-state index in [-0.39, 0.29) is 5.31 Å². The Morgan fingerprint density at radius 3 is 1.67 bits per heavy atom. The maximum Gasteiger partial charge on any atom is 0.0742 e. The molecule has 1 heteroatoms. The highest BCUT2D eigenvalue weighted by Gasteiger charge is 2.49. The Labute approximate surface area is 115 Å². The van der Waals surface area contributed by atoms with Crippen molar-refractivity contribution in [3.63, 3.8) is 0 Å². The first kappa shape index (κ1) is 13.1. The maximum absolute atomic E-state index is 6.62. The summed E-state index contributed by atoms with van der Waals surface area (Å²) in [6.45, 7) is 4.61. The van der Waals surface area contributed by atoms with Gasteiger partial charge in [-0.1, -0.05) is 57.7 Å². The molecule has 0 bridgehead atoms. The van der Waals surface area contributed by atoms with Crippen molar-refractivity contribution >= 4 is 7.85 Å². The summed E-state index contributed by atoms with van der Waals surface area (Å²) in [7, 11) is 6.62. The molecule has 0 aromatic heterocycles. The van der Waals surface area contributed by atoms with E-state index in [9.17, 15) is 0 Å². The maximum atomic E-state index is 6.62. The van der Waals surface area contributed by atoms with E-state index in [0.29, 0.717) is 0 Å². The van der Waals surface area contributed by atoms with Gasteiger partial charge in [-0.2, -0.15) is 0 Å². The van der Waals surface area contributed by atoms with Crippen LogP contribution < -0.4 is 0 Å². The van der Waals surface area contributed by atoms with Gasteiger partial charge in [0.25, 0.3) is 0 Å². The second kappa shape index (κ2) is 4.87. The standard InChI is InChI=1S/C17H29B/c1-17(2,18)16-14-9-5-3-7-12(14)11-13-8-4-6-10-15(13)16/h12-16H,3-11H2,1-2H3. The zero-order valence-corrected chi connectivity index (χ0v) is 12.3. The minimum Gasteiger partial charge on any atom is -0.0683 e. The molecule has 4 unspecified atom stereocenters. The van der Waals surface area contributed by atoms with E-state index in [0.717, 1.165) is 29.6 Å². The Balaban J connectivity index is 1.87. The summed E-state index contributed by atoms with van der Waals surface area (Å²) in [6, 6.07) is 0. The van der Waals surface area contributed by atoms with Gasteiger partial charge >= 0.3 is 0 Å². The lowest BCUT2D eigenvalue weighted by molar-refractivity contribution is -0.0283. The fourth-order valence-corrected chi connectivity index (χ4v) is 5.81. The molecule has 0 aromatic rings. The molecule has 3 aliphatic carbocycles. The number of hydrogen-bond acceptors (Lipinski definition) is 0. The Bertz CT molecular complexity index is 268. The monoisotopic (exact) mass is 244 g/mol. The van der Waals surface area contributed by atoms with Crippen molar-refractivity contribution in [2.45, 2.75) is 76.9 Å². The van der Waals surface area contributed by atoms with Crippen LogP contribution in [0.25, 0.3) is 0 Å². The molecule has 0 heterocycles. The highest BCUT2D eigenvalue weighted by molar-refractivity contribution is 6.14. The van der Waals surface area contributed by atoms with Gasteiger partial charge in [0.15, 0.2) is 0 Å². The molecule has 100 valence electrons. The molecule has 3 aliphatic rings. The van der Waals surface area contributed by atoms with E-state index in [4.69, 9.17) is 7.85 Å². The van der Waals surface area contributed by atoms with Crippen LogP contribution in [-0.4, -0.2) is 7.85 Å². The second-order valence-electron chi connectivity index (χ2n) is 8.00. The summed E-state index contributed by atoms with van der Waals surface area (Å²) < 4.78 is 0. The zero-order valence-electron chi connectivity index (χ0n) is 12.3. The molecule has 3 fully saturated rings. The third-order valence-electron chi connectivity index (χ3n) is 6.32. The summed E-state index contributed by atoms with van der Waals surface area (Å²) in [6.07, 6.45) is 13.4. The average Bonchev–Trinajstić information content (AvgIpc) is 2.34. The fourth-order valence-electron chi connectivity index (χ4n) is 5.81. The zero-order chi connectivity index (χ0) is 12.8. The Kier molecular flexibility index (Phi) is 3.54. The number of hydrogen-bond donors (Lipinski definition) is 0. The van der Waals surface area contributed by atoms with E-state index in [1.807, 2.05) is 0 Å². The summed E-state index contributed by atoms with van der Waals surface area (Å²) in [5.74, 6) is 4.76. The molecular weight excluding hydrogens is 215 g/mol. The first-order valence-corrected chi connectivity index (χ1v) is 8.36.